The predicted octanol–water partition coefficient (Wildman–Crippen LogP) is 6.17. The van der Waals surface area contributed by atoms with Gasteiger partial charge in [0.25, 0.3) is 0 Å². The molecule has 4 rings (SSSR count). The van der Waals surface area contributed by atoms with Crippen molar-refractivity contribution < 1.29 is 9.13 Å². The molecular formula is C23H21FN2OS. The second kappa shape index (κ2) is 8.07. The SMILES string of the molecule is CC/C(=C1\c2ccc(F)cc2OCc2ncccc21)c1cccc(NSC)c1. The molecule has 1 aromatic heterocycles. The van der Waals surface area contributed by atoms with Crippen LogP contribution in [0, 0.1) is 5.82 Å². The number of allylic oxidation sites excluding steroid dienone is 1. The number of nitrogens with one attached hydrogen (secondary N) is 1. The summed E-state index contributed by atoms with van der Waals surface area (Å²) in [6, 6.07) is 17.1. The van der Waals surface area contributed by atoms with E-state index in [9.17, 15) is 4.39 Å². The van der Waals surface area contributed by atoms with E-state index in [1.165, 1.54) is 17.7 Å². The van der Waals surface area contributed by atoms with Crippen molar-refractivity contribution in [1.29, 1.82) is 0 Å². The maximum absolute atomic E-state index is 13.9. The second-order valence-corrected chi connectivity index (χ2v) is 7.13. The first kappa shape index (κ1) is 18.6. The number of halogens is 1. The molecule has 2 heterocycles. The summed E-state index contributed by atoms with van der Waals surface area (Å²) < 4.78 is 23.1. The number of pyridine rings is 1. The Balaban J connectivity index is 2.01. The highest BCUT2D eigenvalue weighted by atomic mass is 32.2. The zero-order valence-electron chi connectivity index (χ0n) is 15.8. The average molecular weight is 392 g/mol. The van der Waals surface area contributed by atoms with Crippen LogP contribution < -0.4 is 9.46 Å². The van der Waals surface area contributed by atoms with E-state index in [-0.39, 0.29) is 5.82 Å². The van der Waals surface area contributed by atoms with E-state index in [1.807, 2.05) is 30.5 Å². The maximum Gasteiger partial charge on any atom is 0.131 e. The quantitative estimate of drug-likeness (QED) is 0.538. The van der Waals surface area contributed by atoms with Crippen LogP contribution in [-0.4, -0.2) is 11.2 Å². The Labute approximate surface area is 168 Å². The summed E-state index contributed by atoms with van der Waals surface area (Å²) >= 11 is 1.56. The van der Waals surface area contributed by atoms with Crippen molar-refractivity contribution in [2.75, 3.05) is 11.0 Å². The minimum atomic E-state index is -0.304. The molecule has 1 N–H and O–H groups in total. The predicted molar refractivity (Wildman–Crippen MR) is 115 cm³/mol. The lowest BCUT2D eigenvalue weighted by atomic mass is 9.87. The Hall–Kier alpha value is -2.79. The fourth-order valence-corrected chi connectivity index (χ4v) is 4.00. The molecule has 0 bridgehead atoms. The van der Waals surface area contributed by atoms with Crippen LogP contribution in [0.3, 0.4) is 0 Å². The van der Waals surface area contributed by atoms with Crippen LogP contribution in [0.2, 0.25) is 0 Å². The lowest BCUT2D eigenvalue weighted by molar-refractivity contribution is 0.301. The molecule has 28 heavy (non-hydrogen) atoms. The molecular weight excluding hydrogens is 371 g/mol. The van der Waals surface area contributed by atoms with Gasteiger partial charge in [-0.05, 0) is 53.5 Å². The van der Waals surface area contributed by atoms with E-state index >= 15 is 0 Å². The zero-order chi connectivity index (χ0) is 19.5. The van der Waals surface area contributed by atoms with E-state index in [4.69, 9.17) is 4.74 Å². The normalized spacial score (nSPS) is 14.4. The number of rotatable bonds is 4. The number of aromatic nitrogens is 1. The van der Waals surface area contributed by atoms with Gasteiger partial charge in [0.1, 0.15) is 18.2 Å². The summed E-state index contributed by atoms with van der Waals surface area (Å²) in [5.41, 5.74) is 7.20. The maximum atomic E-state index is 13.9. The molecule has 0 aliphatic carbocycles. The number of hydrogen-bond donors (Lipinski definition) is 1. The molecule has 0 fully saturated rings. The monoisotopic (exact) mass is 392 g/mol. The number of nitrogens with zero attached hydrogens (tertiary/aromatic N) is 1. The molecule has 2 aromatic carbocycles. The van der Waals surface area contributed by atoms with Crippen LogP contribution in [0.15, 0.2) is 60.8 Å². The minimum absolute atomic E-state index is 0.304. The van der Waals surface area contributed by atoms with E-state index in [0.29, 0.717) is 12.4 Å². The average Bonchev–Trinajstić information content (AvgIpc) is 2.87. The summed E-state index contributed by atoms with van der Waals surface area (Å²) in [7, 11) is 0. The van der Waals surface area contributed by atoms with Gasteiger partial charge < -0.3 is 9.46 Å². The van der Waals surface area contributed by atoms with Crippen molar-refractivity contribution in [2.24, 2.45) is 0 Å². The summed E-state index contributed by atoms with van der Waals surface area (Å²) in [6.07, 6.45) is 4.59. The fraction of sp³-hybridized carbons (Fsp3) is 0.174. The van der Waals surface area contributed by atoms with E-state index in [0.717, 1.165) is 40.1 Å². The summed E-state index contributed by atoms with van der Waals surface area (Å²) in [4.78, 5) is 4.52. The Morgan fingerprint density at radius 2 is 2.04 bits per heavy atom. The number of anilines is 1. The van der Waals surface area contributed by atoms with Crippen LogP contribution in [0.1, 0.15) is 35.7 Å². The van der Waals surface area contributed by atoms with E-state index in [1.54, 1.807) is 18.1 Å². The van der Waals surface area contributed by atoms with Crippen molar-refractivity contribution in [3.8, 4) is 5.75 Å². The van der Waals surface area contributed by atoms with Crippen molar-refractivity contribution in [3.63, 3.8) is 0 Å². The molecule has 0 saturated carbocycles. The lowest BCUT2D eigenvalue weighted by Crippen LogP contribution is -1.99. The zero-order valence-corrected chi connectivity index (χ0v) is 16.6. The van der Waals surface area contributed by atoms with Gasteiger partial charge in [-0.3, -0.25) is 4.98 Å². The van der Waals surface area contributed by atoms with Crippen LogP contribution in [0.4, 0.5) is 10.1 Å². The standard InChI is InChI=1S/C23H21FN2OS/c1-3-18(15-6-4-7-17(12-15)26-28-2)23-19-8-5-11-25-21(19)14-27-22-13-16(24)9-10-20(22)23/h4-13,26H,3,14H2,1-2H3/b23-18+. The van der Waals surface area contributed by atoms with Crippen molar-refractivity contribution >= 4 is 28.8 Å². The van der Waals surface area contributed by atoms with Gasteiger partial charge >= 0.3 is 0 Å². The molecule has 3 nitrogen and oxygen atoms in total. The minimum Gasteiger partial charge on any atom is -0.487 e. The topological polar surface area (TPSA) is 34.1 Å². The van der Waals surface area contributed by atoms with Crippen LogP contribution in [0.5, 0.6) is 5.75 Å². The first-order valence-electron chi connectivity index (χ1n) is 9.20. The van der Waals surface area contributed by atoms with Gasteiger partial charge in [0, 0.05) is 35.3 Å². The van der Waals surface area contributed by atoms with Crippen molar-refractivity contribution in [1.82, 2.24) is 4.98 Å². The van der Waals surface area contributed by atoms with Crippen LogP contribution in [-0.2, 0) is 6.61 Å². The number of hydrogen-bond acceptors (Lipinski definition) is 4. The Kier molecular flexibility index (Phi) is 5.35. The highest BCUT2D eigenvalue weighted by molar-refractivity contribution is 7.99. The number of fused-ring (bicyclic) bond motifs is 2. The molecule has 0 unspecified atom stereocenters. The molecule has 0 saturated heterocycles. The number of benzene rings is 2. The third-order valence-corrected chi connectivity index (χ3v) is 5.26. The van der Waals surface area contributed by atoms with Gasteiger partial charge in [-0.2, -0.15) is 0 Å². The molecule has 1 aliphatic rings. The summed E-state index contributed by atoms with van der Waals surface area (Å²) in [5, 5.41) is 0. The fourth-order valence-electron chi connectivity index (χ4n) is 3.63. The largest absolute Gasteiger partial charge is 0.487 e. The van der Waals surface area contributed by atoms with Gasteiger partial charge in [-0.15, -0.1) is 0 Å². The summed E-state index contributed by atoms with van der Waals surface area (Å²) in [5.74, 6) is 0.249. The third kappa shape index (κ3) is 3.50. The van der Waals surface area contributed by atoms with Crippen LogP contribution in [0.25, 0.3) is 11.1 Å². The van der Waals surface area contributed by atoms with Gasteiger partial charge in [-0.1, -0.05) is 37.1 Å². The molecule has 1 aliphatic heterocycles. The smallest absolute Gasteiger partial charge is 0.131 e. The highest BCUT2D eigenvalue weighted by Gasteiger charge is 2.23. The molecule has 0 radical (unpaired) electrons. The van der Waals surface area contributed by atoms with Gasteiger partial charge in [0.05, 0.1) is 5.69 Å². The second-order valence-electron chi connectivity index (χ2n) is 6.52. The van der Waals surface area contributed by atoms with E-state index < -0.39 is 0 Å². The third-order valence-electron chi connectivity index (χ3n) is 4.82. The molecule has 0 amide bonds. The molecule has 0 atom stereocenters. The molecule has 142 valence electrons. The van der Waals surface area contributed by atoms with Gasteiger partial charge in [0.15, 0.2) is 0 Å². The van der Waals surface area contributed by atoms with Crippen LogP contribution >= 0.6 is 11.9 Å². The van der Waals surface area contributed by atoms with Gasteiger partial charge in [0.2, 0.25) is 0 Å². The van der Waals surface area contributed by atoms with Crippen molar-refractivity contribution in [3.05, 3.63) is 89.0 Å². The highest BCUT2D eigenvalue weighted by Crippen LogP contribution is 2.42. The van der Waals surface area contributed by atoms with Gasteiger partial charge in [-0.25, -0.2) is 4.39 Å². The molecule has 3 aromatic rings. The first-order chi connectivity index (χ1) is 13.7. The Morgan fingerprint density at radius 1 is 1.14 bits per heavy atom. The molecule has 5 heteroatoms. The summed E-state index contributed by atoms with van der Waals surface area (Å²) in [6.45, 7) is 2.46. The van der Waals surface area contributed by atoms with Crippen molar-refractivity contribution in [2.45, 2.75) is 20.0 Å². The first-order valence-corrected chi connectivity index (χ1v) is 10.4. The Morgan fingerprint density at radius 3 is 2.86 bits per heavy atom. The Bertz CT molecular complexity index is 1050. The lowest BCUT2D eigenvalue weighted by Gasteiger charge is -2.17. The van der Waals surface area contributed by atoms with E-state index in [2.05, 4.69) is 34.8 Å². The molecule has 0 spiro atoms. The number of ether oxygens (including phenoxy) is 1.